The summed E-state index contributed by atoms with van der Waals surface area (Å²) in [5.41, 5.74) is 4.18. The molecule has 0 aliphatic heterocycles. The van der Waals surface area contributed by atoms with E-state index in [1.165, 1.54) is 0 Å². The van der Waals surface area contributed by atoms with Crippen molar-refractivity contribution in [1.82, 2.24) is 0 Å². The number of hydrogen-bond donors (Lipinski definition) is 3. The summed E-state index contributed by atoms with van der Waals surface area (Å²) in [6.45, 7) is 18.9. The number of nitrogens with zero attached hydrogens (tertiary/aromatic N) is 2. The van der Waals surface area contributed by atoms with Gasteiger partial charge in [0.05, 0.1) is 12.1 Å². The molecule has 0 amide bonds. The van der Waals surface area contributed by atoms with Crippen LogP contribution in [0.4, 0.5) is 0 Å². The summed E-state index contributed by atoms with van der Waals surface area (Å²) in [5.74, 6) is -0.226. The van der Waals surface area contributed by atoms with Gasteiger partial charge in [-0.2, -0.15) is 0 Å². The lowest BCUT2D eigenvalue weighted by Crippen LogP contribution is -2.27. The van der Waals surface area contributed by atoms with Gasteiger partial charge in [-0.25, -0.2) is 0 Å². The van der Waals surface area contributed by atoms with E-state index < -0.39 is 5.90 Å². The molecule has 6 heteroatoms. The largest absolute Gasteiger partial charge is 0.862 e. The first kappa shape index (κ1) is 31.4. The molecule has 1 aliphatic carbocycles. The van der Waals surface area contributed by atoms with Crippen molar-refractivity contribution in [1.29, 1.82) is 5.41 Å². The van der Waals surface area contributed by atoms with Gasteiger partial charge in [-0.1, -0.05) is 87.3 Å². The zero-order valence-electron chi connectivity index (χ0n) is 25.9. The highest BCUT2D eigenvalue weighted by Gasteiger charge is 2.27. The highest BCUT2D eigenvalue weighted by atomic mass is 16.3. The second-order valence-electron chi connectivity index (χ2n) is 14.4. The summed E-state index contributed by atoms with van der Waals surface area (Å²) in [5, 5.41) is 41.2. The van der Waals surface area contributed by atoms with Crippen molar-refractivity contribution in [3.63, 3.8) is 0 Å². The lowest BCUT2D eigenvalue weighted by atomic mass is 9.79. The predicted octanol–water partition coefficient (Wildman–Crippen LogP) is 6.72. The van der Waals surface area contributed by atoms with Gasteiger partial charge in [-0.3, -0.25) is 9.98 Å². The number of benzene rings is 2. The van der Waals surface area contributed by atoms with E-state index in [1.807, 2.05) is 39.1 Å². The molecule has 3 N–H and O–H groups in total. The van der Waals surface area contributed by atoms with Gasteiger partial charge in [0, 0.05) is 34.7 Å². The van der Waals surface area contributed by atoms with Crippen molar-refractivity contribution < 1.29 is 15.3 Å². The van der Waals surface area contributed by atoms with Crippen molar-refractivity contribution in [2.45, 2.75) is 123 Å². The molecule has 0 saturated heterocycles. The number of phenolic OH excluding ortho intramolecular Hbond substituents is 2. The SMILES string of the molecule is CC(C)(C)c1cc(C=N[C@@H]2CCCC[C@H]2N=Cc2cc(CC(=N)[O-])cc(C(C)(C)C)c2O)c(O)c(C(C)(C)C)c1. The molecule has 0 aromatic heterocycles. The highest BCUT2D eigenvalue weighted by molar-refractivity contribution is 5.86. The van der Waals surface area contributed by atoms with Crippen LogP contribution in [0.1, 0.15) is 121 Å². The smallest absolute Gasteiger partial charge is 0.128 e. The van der Waals surface area contributed by atoms with Crippen LogP contribution in [0.3, 0.4) is 0 Å². The van der Waals surface area contributed by atoms with Crippen molar-refractivity contribution in [3.8, 4) is 11.5 Å². The average molecular weight is 547 g/mol. The normalized spacial score (nSPS) is 19.0. The number of phenols is 2. The van der Waals surface area contributed by atoms with E-state index in [1.54, 1.807) is 12.3 Å². The number of nitrogens with one attached hydrogen (secondary N) is 1. The third-order valence-corrected chi connectivity index (χ3v) is 7.69. The van der Waals surface area contributed by atoms with E-state index in [-0.39, 0.29) is 46.2 Å². The molecule has 2 aromatic rings. The third-order valence-electron chi connectivity index (χ3n) is 7.69. The number of aliphatic imine (C=N–C) groups is 2. The fourth-order valence-electron chi connectivity index (χ4n) is 5.23. The van der Waals surface area contributed by atoms with Crippen LogP contribution in [0.25, 0.3) is 0 Å². The second kappa shape index (κ2) is 11.8. The first-order valence-electron chi connectivity index (χ1n) is 14.4. The number of aromatic hydroxyl groups is 2. The molecule has 0 bridgehead atoms. The zero-order chi connectivity index (χ0) is 30.0. The first-order valence-corrected chi connectivity index (χ1v) is 14.4. The maximum atomic E-state index is 11.5. The fraction of sp³-hybridized carbons (Fsp3) is 0.559. The molecule has 40 heavy (non-hydrogen) atoms. The minimum atomic E-state index is -0.663. The number of rotatable bonds is 6. The van der Waals surface area contributed by atoms with Crippen LogP contribution in [-0.2, 0) is 22.7 Å². The quantitative estimate of drug-likeness (QED) is 0.276. The van der Waals surface area contributed by atoms with Gasteiger partial charge >= 0.3 is 0 Å². The molecule has 6 nitrogen and oxygen atoms in total. The zero-order valence-corrected chi connectivity index (χ0v) is 25.9. The van der Waals surface area contributed by atoms with Crippen molar-refractivity contribution >= 4 is 18.3 Å². The average Bonchev–Trinajstić information content (AvgIpc) is 2.81. The Hall–Kier alpha value is -3.15. The standard InChI is InChI=1S/C34H49N3O3/c1-32(2,3)24-17-23(31(40)26(18-24)34(7,8)9)20-37-28-13-11-10-12-27(28)36-19-22-14-21(16-29(35)38)15-25(30(22)39)33(4,5)6/h14-15,17-20,27-28,39-40H,10-13,16H2,1-9H3,(H2,35,38)/p-1/t27-,28-/m1/s1. The summed E-state index contributed by atoms with van der Waals surface area (Å²) in [6, 6.07) is 7.63. The molecule has 2 aromatic carbocycles. The fourth-order valence-corrected chi connectivity index (χ4v) is 5.23. The molecule has 0 heterocycles. The second-order valence-corrected chi connectivity index (χ2v) is 14.4. The van der Waals surface area contributed by atoms with Crippen LogP contribution in [-0.4, -0.2) is 40.6 Å². The van der Waals surface area contributed by atoms with E-state index in [2.05, 4.69) is 47.6 Å². The Bertz CT molecular complexity index is 1290. The first-order chi connectivity index (χ1) is 18.4. The Balaban J connectivity index is 1.98. The summed E-state index contributed by atoms with van der Waals surface area (Å²) in [7, 11) is 0. The van der Waals surface area contributed by atoms with Crippen LogP contribution < -0.4 is 5.11 Å². The van der Waals surface area contributed by atoms with Gasteiger partial charge in [0.25, 0.3) is 0 Å². The minimum absolute atomic E-state index is 0.00573. The van der Waals surface area contributed by atoms with Crippen LogP contribution in [0, 0.1) is 5.41 Å². The van der Waals surface area contributed by atoms with E-state index in [0.717, 1.165) is 47.9 Å². The highest BCUT2D eigenvalue weighted by Crippen LogP contribution is 2.38. The van der Waals surface area contributed by atoms with Gasteiger partial charge in [0.15, 0.2) is 0 Å². The van der Waals surface area contributed by atoms with Gasteiger partial charge in [0.1, 0.15) is 11.5 Å². The van der Waals surface area contributed by atoms with Crippen LogP contribution >= 0.6 is 0 Å². The molecule has 1 saturated carbocycles. The van der Waals surface area contributed by atoms with Crippen molar-refractivity contribution in [3.05, 3.63) is 57.6 Å². The predicted molar refractivity (Wildman–Crippen MR) is 165 cm³/mol. The number of hydrogen-bond acceptors (Lipinski definition) is 6. The Morgan fingerprint density at radius 1 is 0.775 bits per heavy atom. The van der Waals surface area contributed by atoms with E-state index in [0.29, 0.717) is 11.1 Å². The van der Waals surface area contributed by atoms with Crippen molar-refractivity contribution in [2.24, 2.45) is 9.98 Å². The Labute approximate surface area is 240 Å². The maximum absolute atomic E-state index is 11.5. The molecule has 218 valence electrons. The third kappa shape index (κ3) is 7.74. The van der Waals surface area contributed by atoms with Gasteiger partial charge in [-0.05, 0) is 64.7 Å². The Morgan fingerprint density at radius 2 is 1.23 bits per heavy atom. The van der Waals surface area contributed by atoms with Crippen LogP contribution in [0.2, 0.25) is 0 Å². The van der Waals surface area contributed by atoms with E-state index in [4.69, 9.17) is 15.4 Å². The molecule has 0 radical (unpaired) electrons. The maximum Gasteiger partial charge on any atom is 0.128 e. The molecule has 2 atom stereocenters. The monoisotopic (exact) mass is 546 g/mol. The van der Waals surface area contributed by atoms with Crippen molar-refractivity contribution in [2.75, 3.05) is 0 Å². The Kier molecular flexibility index (Phi) is 9.22. The molecule has 0 unspecified atom stereocenters. The van der Waals surface area contributed by atoms with Crippen LogP contribution in [0.5, 0.6) is 11.5 Å². The van der Waals surface area contributed by atoms with Gasteiger partial charge in [0.2, 0.25) is 0 Å². The molecule has 1 fully saturated rings. The van der Waals surface area contributed by atoms with Gasteiger partial charge in [-0.15, -0.1) is 0 Å². The lowest BCUT2D eigenvalue weighted by Gasteiger charge is -2.28. The topological polar surface area (TPSA) is 112 Å². The minimum Gasteiger partial charge on any atom is -0.862 e. The Morgan fingerprint density at radius 3 is 1.65 bits per heavy atom. The lowest BCUT2D eigenvalue weighted by molar-refractivity contribution is -0.219. The summed E-state index contributed by atoms with van der Waals surface area (Å²) in [4.78, 5) is 9.85. The molecular weight excluding hydrogens is 498 g/mol. The van der Waals surface area contributed by atoms with Crippen LogP contribution in [0.15, 0.2) is 34.3 Å². The summed E-state index contributed by atoms with van der Waals surface area (Å²) < 4.78 is 0. The molecule has 1 aliphatic rings. The summed E-state index contributed by atoms with van der Waals surface area (Å²) in [6.07, 6.45) is 7.42. The van der Waals surface area contributed by atoms with E-state index in [9.17, 15) is 15.3 Å². The van der Waals surface area contributed by atoms with E-state index >= 15 is 0 Å². The molecule has 3 rings (SSSR count). The van der Waals surface area contributed by atoms with Gasteiger partial charge < -0.3 is 20.7 Å². The summed E-state index contributed by atoms with van der Waals surface area (Å²) >= 11 is 0. The molecule has 0 spiro atoms. The molecular formula is C34H48N3O3-.